The van der Waals surface area contributed by atoms with Crippen LogP contribution in [-0.4, -0.2) is 24.5 Å². The zero-order valence-electron chi connectivity index (χ0n) is 14.3. The third-order valence-electron chi connectivity index (χ3n) is 4.00. The largest absolute Gasteiger partial charge is 0.380 e. The lowest BCUT2D eigenvalue weighted by Crippen LogP contribution is -1.99. The molecule has 0 saturated heterocycles. The van der Waals surface area contributed by atoms with Gasteiger partial charge in [-0.15, -0.1) is 11.3 Å². The van der Waals surface area contributed by atoms with Crippen molar-refractivity contribution in [1.82, 2.24) is 24.5 Å². The molecule has 0 atom stereocenters. The highest BCUT2D eigenvalue weighted by atomic mass is 35.5. The summed E-state index contributed by atoms with van der Waals surface area (Å²) in [5.74, 6) is 0. The molecule has 0 spiro atoms. The Labute approximate surface area is 160 Å². The molecule has 8 heteroatoms. The number of benzene rings is 1. The van der Waals surface area contributed by atoms with Crippen LogP contribution in [0.5, 0.6) is 0 Å². The number of anilines is 1. The Morgan fingerprint density at radius 2 is 1.96 bits per heavy atom. The summed E-state index contributed by atoms with van der Waals surface area (Å²) in [7, 11) is 1.92. The van der Waals surface area contributed by atoms with E-state index in [9.17, 15) is 0 Å². The highest BCUT2D eigenvalue weighted by Gasteiger charge is 2.10. The van der Waals surface area contributed by atoms with E-state index in [0.29, 0.717) is 11.0 Å². The van der Waals surface area contributed by atoms with Crippen LogP contribution in [-0.2, 0) is 13.6 Å². The topological polar surface area (TPSA) is 60.6 Å². The summed E-state index contributed by atoms with van der Waals surface area (Å²) in [5, 5.41) is 12.4. The molecule has 0 amide bonds. The standard InChI is InChI=1S/C18H17ClN6S/c1-12-16(11-24(2)22-12)17-7-8-25(23-17)14-5-3-13(4-6-14)20-9-15-10-21-18(19)26-15/h3-8,10-11,20H,9H2,1-2H3. The van der Waals surface area contributed by atoms with Gasteiger partial charge < -0.3 is 5.32 Å². The van der Waals surface area contributed by atoms with Gasteiger partial charge in [0, 0.05) is 41.8 Å². The van der Waals surface area contributed by atoms with Gasteiger partial charge in [-0.05, 0) is 37.3 Å². The molecule has 0 aliphatic carbocycles. The van der Waals surface area contributed by atoms with Gasteiger partial charge in [0.15, 0.2) is 4.47 Å². The molecule has 1 N–H and O–H groups in total. The van der Waals surface area contributed by atoms with Gasteiger partial charge in [0.2, 0.25) is 0 Å². The normalized spacial score (nSPS) is 11.0. The second kappa shape index (κ2) is 6.93. The molecule has 3 aromatic heterocycles. The number of aromatic nitrogens is 5. The van der Waals surface area contributed by atoms with E-state index in [2.05, 4.69) is 20.5 Å². The lowest BCUT2D eigenvalue weighted by atomic mass is 10.2. The molecule has 132 valence electrons. The Bertz CT molecular complexity index is 1030. The molecule has 0 saturated carbocycles. The van der Waals surface area contributed by atoms with Crippen molar-refractivity contribution < 1.29 is 0 Å². The second-order valence-electron chi connectivity index (χ2n) is 5.93. The van der Waals surface area contributed by atoms with E-state index < -0.39 is 0 Å². The first kappa shape index (κ1) is 16.8. The maximum Gasteiger partial charge on any atom is 0.183 e. The minimum atomic E-state index is 0.565. The van der Waals surface area contributed by atoms with Crippen molar-refractivity contribution >= 4 is 28.6 Å². The van der Waals surface area contributed by atoms with Crippen LogP contribution in [0.1, 0.15) is 10.6 Å². The Hall–Kier alpha value is -2.64. The Kier molecular flexibility index (Phi) is 4.48. The zero-order chi connectivity index (χ0) is 18.1. The van der Waals surface area contributed by atoms with Crippen LogP contribution in [0.2, 0.25) is 4.47 Å². The minimum Gasteiger partial charge on any atom is -0.380 e. The van der Waals surface area contributed by atoms with Crippen LogP contribution >= 0.6 is 22.9 Å². The van der Waals surface area contributed by atoms with Gasteiger partial charge in [0.05, 0.1) is 23.6 Å². The van der Waals surface area contributed by atoms with Gasteiger partial charge in [0.1, 0.15) is 0 Å². The van der Waals surface area contributed by atoms with Crippen molar-refractivity contribution in [3.63, 3.8) is 0 Å². The summed E-state index contributed by atoms with van der Waals surface area (Å²) < 4.78 is 4.24. The maximum absolute atomic E-state index is 5.85. The predicted molar refractivity (Wildman–Crippen MR) is 105 cm³/mol. The van der Waals surface area contributed by atoms with Crippen molar-refractivity contribution in [1.29, 1.82) is 0 Å². The number of halogens is 1. The number of rotatable bonds is 5. The number of hydrogen-bond donors (Lipinski definition) is 1. The van der Waals surface area contributed by atoms with Crippen molar-refractivity contribution in [2.24, 2.45) is 7.05 Å². The molecule has 3 heterocycles. The van der Waals surface area contributed by atoms with Gasteiger partial charge in [-0.3, -0.25) is 4.68 Å². The summed E-state index contributed by atoms with van der Waals surface area (Å²) in [5.41, 5.74) is 4.98. The molecule has 6 nitrogen and oxygen atoms in total. The molecule has 0 fully saturated rings. The van der Waals surface area contributed by atoms with Crippen molar-refractivity contribution in [3.05, 3.63) is 64.0 Å². The molecule has 0 radical (unpaired) electrons. The van der Waals surface area contributed by atoms with Crippen LogP contribution < -0.4 is 5.32 Å². The van der Waals surface area contributed by atoms with Gasteiger partial charge in [0.25, 0.3) is 0 Å². The number of nitrogens with zero attached hydrogens (tertiary/aromatic N) is 5. The van der Waals surface area contributed by atoms with Gasteiger partial charge in [-0.25, -0.2) is 9.67 Å². The zero-order valence-corrected chi connectivity index (χ0v) is 15.9. The van der Waals surface area contributed by atoms with E-state index in [1.807, 2.05) is 61.4 Å². The maximum atomic E-state index is 5.85. The van der Waals surface area contributed by atoms with Crippen molar-refractivity contribution in [2.45, 2.75) is 13.5 Å². The third-order valence-corrected chi connectivity index (χ3v) is 5.12. The molecule has 1 aromatic carbocycles. The lowest BCUT2D eigenvalue weighted by Gasteiger charge is -2.06. The van der Waals surface area contributed by atoms with E-state index in [-0.39, 0.29) is 0 Å². The Morgan fingerprint density at radius 1 is 1.15 bits per heavy atom. The average molecular weight is 385 g/mol. The SMILES string of the molecule is Cc1nn(C)cc1-c1ccn(-c2ccc(NCc3cnc(Cl)s3)cc2)n1. The quantitative estimate of drug-likeness (QED) is 0.557. The van der Waals surface area contributed by atoms with Gasteiger partial charge in [-0.1, -0.05) is 11.6 Å². The monoisotopic (exact) mass is 384 g/mol. The molecule has 0 unspecified atom stereocenters. The molecular formula is C18H17ClN6S. The van der Waals surface area contributed by atoms with Gasteiger partial charge >= 0.3 is 0 Å². The van der Waals surface area contributed by atoms with Crippen molar-refractivity contribution in [2.75, 3.05) is 5.32 Å². The first-order chi connectivity index (χ1) is 12.6. The van der Waals surface area contributed by atoms with Crippen LogP contribution in [0.3, 0.4) is 0 Å². The second-order valence-corrected chi connectivity index (χ2v) is 7.62. The van der Waals surface area contributed by atoms with E-state index in [1.54, 1.807) is 10.9 Å². The molecule has 0 aliphatic heterocycles. The highest BCUT2D eigenvalue weighted by molar-refractivity contribution is 7.15. The summed E-state index contributed by atoms with van der Waals surface area (Å²) in [6.45, 7) is 2.70. The smallest absolute Gasteiger partial charge is 0.183 e. The minimum absolute atomic E-state index is 0.565. The van der Waals surface area contributed by atoms with Crippen molar-refractivity contribution in [3.8, 4) is 16.9 Å². The van der Waals surface area contributed by atoms with Gasteiger partial charge in [-0.2, -0.15) is 10.2 Å². The molecule has 4 aromatic rings. The number of thiazole rings is 1. The Morgan fingerprint density at radius 3 is 2.62 bits per heavy atom. The lowest BCUT2D eigenvalue weighted by molar-refractivity contribution is 0.756. The van der Waals surface area contributed by atoms with Crippen LogP contribution in [0.15, 0.2) is 48.9 Å². The van der Waals surface area contributed by atoms with Crippen LogP contribution in [0.25, 0.3) is 16.9 Å². The predicted octanol–water partition coefficient (Wildman–Crippen LogP) is 4.30. The van der Waals surface area contributed by atoms with E-state index >= 15 is 0 Å². The summed E-state index contributed by atoms with van der Waals surface area (Å²) in [6.07, 6.45) is 5.74. The molecule has 0 aliphatic rings. The Balaban J connectivity index is 1.48. The fourth-order valence-electron chi connectivity index (χ4n) is 2.75. The fourth-order valence-corrected chi connectivity index (χ4v) is 3.67. The molecule has 4 rings (SSSR count). The number of aryl methyl sites for hydroxylation is 2. The summed E-state index contributed by atoms with van der Waals surface area (Å²) in [6, 6.07) is 10.1. The summed E-state index contributed by atoms with van der Waals surface area (Å²) in [4.78, 5) is 5.14. The molecular weight excluding hydrogens is 368 g/mol. The molecule has 0 bridgehead atoms. The molecule has 26 heavy (non-hydrogen) atoms. The first-order valence-electron chi connectivity index (χ1n) is 8.09. The van der Waals surface area contributed by atoms with E-state index in [0.717, 1.165) is 33.2 Å². The number of hydrogen-bond acceptors (Lipinski definition) is 5. The average Bonchev–Trinajstić information content (AvgIpc) is 3.34. The summed E-state index contributed by atoms with van der Waals surface area (Å²) >= 11 is 7.33. The first-order valence-corrected chi connectivity index (χ1v) is 9.29. The van der Waals surface area contributed by atoms with Crippen LogP contribution in [0, 0.1) is 6.92 Å². The number of nitrogens with one attached hydrogen (secondary N) is 1. The van der Waals surface area contributed by atoms with E-state index in [4.69, 9.17) is 11.6 Å². The third kappa shape index (κ3) is 3.49. The fraction of sp³-hybridized carbons (Fsp3) is 0.167. The van der Waals surface area contributed by atoms with Crippen LogP contribution in [0.4, 0.5) is 5.69 Å². The van der Waals surface area contributed by atoms with E-state index in [1.165, 1.54) is 11.3 Å². The highest BCUT2D eigenvalue weighted by Crippen LogP contribution is 2.22.